The molecule has 0 saturated carbocycles. The topological polar surface area (TPSA) is 142 Å². The maximum absolute atomic E-state index is 14.6. The smallest absolute Gasteiger partial charge is 0.494 e. The number of methoxy groups -OCH3 is 1. The molecule has 238 valence electrons. The zero-order valence-electron chi connectivity index (χ0n) is 23.2. The highest BCUT2D eigenvalue weighted by Gasteiger charge is 2.57. The van der Waals surface area contributed by atoms with Crippen LogP contribution in [-0.4, -0.2) is 58.1 Å². The second-order valence-electron chi connectivity index (χ2n) is 10.4. The first-order valence-corrected chi connectivity index (χ1v) is 12.9. The SMILES string of the molecule is COc1cc(C(=O)NC[C@](O)(c2cc3c(c(-c4ccc(F)cc4)n2)OC[C@]3(C)C(N)=O)C(F)(F)F)cc2cn(C(F)(F)F)nc12. The summed E-state index contributed by atoms with van der Waals surface area (Å²) in [5.74, 6) is -3.22. The summed E-state index contributed by atoms with van der Waals surface area (Å²) < 4.78 is 107. The molecule has 1 aliphatic heterocycles. The molecule has 2 aromatic carbocycles. The molecule has 4 N–H and O–H groups in total. The quantitative estimate of drug-likeness (QED) is 0.259. The first-order valence-electron chi connectivity index (χ1n) is 12.9. The molecule has 2 aromatic heterocycles. The number of fused-ring (bicyclic) bond motifs is 2. The predicted octanol–water partition coefficient (Wildman–Crippen LogP) is 4.04. The molecule has 0 unspecified atom stereocenters. The van der Waals surface area contributed by atoms with Crippen LogP contribution in [0.1, 0.15) is 28.5 Å². The normalized spacial score (nSPS) is 17.8. The van der Waals surface area contributed by atoms with Crippen LogP contribution in [0.2, 0.25) is 0 Å². The fourth-order valence-corrected chi connectivity index (χ4v) is 4.77. The van der Waals surface area contributed by atoms with Gasteiger partial charge in [-0.2, -0.15) is 23.0 Å². The first-order chi connectivity index (χ1) is 20.9. The van der Waals surface area contributed by atoms with E-state index in [1.165, 1.54) is 19.1 Å². The minimum atomic E-state index is -5.49. The van der Waals surface area contributed by atoms with Gasteiger partial charge in [0.2, 0.25) is 11.5 Å². The minimum absolute atomic E-state index is 0.0802. The molecule has 0 bridgehead atoms. The highest BCUT2D eigenvalue weighted by atomic mass is 19.4. The van der Waals surface area contributed by atoms with Crippen LogP contribution in [0.5, 0.6) is 11.5 Å². The molecule has 5 rings (SSSR count). The summed E-state index contributed by atoms with van der Waals surface area (Å²) >= 11 is 0. The van der Waals surface area contributed by atoms with Crippen molar-refractivity contribution >= 4 is 22.7 Å². The second-order valence-corrected chi connectivity index (χ2v) is 10.4. The summed E-state index contributed by atoms with van der Waals surface area (Å²) in [4.78, 5) is 29.4. The Kier molecular flexibility index (Phi) is 7.42. The van der Waals surface area contributed by atoms with Crippen molar-refractivity contribution < 1.29 is 54.9 Å². The van der Waals surface area contributed by atoms with Gasteiger partial charge in [-0.15, -0.1) is 13.2 Å². The molecule has 10 nitrogen and oxygen atoms in total. The lowest BCUT2D eigenvalue weighted by atomic mass is 9.81. The summed E-state index contributed by atoms with van der Waals surface area (Å²) in [6, 6.07) is 7.13. The number of aliphatic hydroxyl groups is 1. The lowest BCUT2D eigenvalue weighted by molar-refractivity contribution is -0.265. The Labute approximate surface area is 248 Å². The van der Waals surface area contributed by atoms with Gasteiger partial charge in [-0.3, -0.25) is 9.59 Å². The number of carbonyl (C=O) groups excluding carboxylic acids is 2. The van der Waals surface area contributed by atoms with E-state index in [-0.39, 0.29) is 50.5 Å². The first kappa shape index (κ1) is 31.5. The van der Waals surface area contributed by atoms with Crippen molar-refractivity contribution in [3.8, 4) is 22.8 Å². The van der Waals surface area contributed by atoms with E-state index in [0.29, 0.717) is 6.20 Å². The van der Waals surface area contributed by atoms with Gasteiger partial charge < -0.3 is 25.6 Å². The Morgan fingerprint density at radius 3 is 2.38 bits per heavy atom. The predicted molar refractivity (Wildman–Crippen MR) is 142 cm³/mol. The Morgan fingerprint density at radius 2 is 1.80 bits per heavy atom. The molecular formula is C28H22F7N5O5. The summed E-state index contributed by atoms with van der Waals surface area (Å²) in [6.07, 6.45) is -9.83. The Bertz CT molecular complexity index is 1820. The van der Waals surface area contributed by atoms with E-state index in [0.717, 1.165) is 37.4 Å². The lowest BCUT2D eigenvalue weighted by Crippen LogP contribution is -2.51. The van der Waals surface area contributed by atoms with Gasteiger partial charge in [0.25, 0.3) is 5.91 Å². The molecule has 2 amide bonds. The van der Waals surface area contributed by atoms with E-state index in [4.69, 9.17) is 15.2 Å². The third kappa shape index (κ3) is 5.36. The monoisotopic (exact) mass is 641 g/mol. The number of nitrogens with zero attached hydrogens (tertiary/aromatic N) is 3. The number of hydrogen-bond acceptors (Lipinski definition) is 7. The van der Waals surface area contributed by atoms with Gasteiger partial charge in [-0.25, -0.2) is 9.37 Å². The van der Waals surface area contributed by atoms with Crippen LogP contribution in [0.3, 0.4) is 0 Å². The van der Waals surface area contributed by atoms with Gasteiger partial charge in [0.05, 0.1) is 19.3 Å². The van der Waals surface area contributed by atoms with Crippen LogP contribution in [0, 0.1) is 5.82 Å². The summed E-state index contributed by atoms with van der Waals surface area (Å²) in [5.41, 5.74) is -2.04. The maximum Gasteiger partial charge on any atom is 0.504 e. The van der Waals surface area contributed by atoms with E-state index < -0.39 is 58.9 Å². The van der Waals surface area contributed by atoms with Crippen molar-refractivity contribution in [1.29, 1.82) is 0 Å². The summed E-state index contributed by atoms with van der Waals surface area (Å²) in [5, 5.41) is 16.3. The van der Waals surface area contributed by atoms with Gasteiger partial charge in [0.15, 0.2) is 0 Å². The summed E-state index contributed by atoms with van der Waals surface area (Å²) in [7, 11) is 1.09. The average Bonchev–Trinajstić information content (AvgIpc) is 3.57. The highest BCUT2D eigenvalue weighted by molar-refractivity contribution is 6.00. The van der Waals surface area contributed by atoms with E-state index >= 15 is 0 Å². The number of nitrogens with two attached hydrogens (primary N) is 1. The molecule has 0 radical (unpaired) electrons. The Hall–Kier alpha value is -4.93. The molecule has 2 atom stereocenters. The number of aromatic nitrogens is 3. The van der Waals surface area contributed by atoms with E-state index in [1.54, 1.807) is 0 Å². The number of amides is 2. The number of carbonyl (C=O) groups is 2. The molecule has 1 aliphatic rings. The molecule has 0 spiro atoms. The molecule has 3 heterocycles. The average molecular weight is 642 g/mol. The molecule has 4 aromatic rings. The van der Waals surface area contributed by atoms with Crippen LogP contribution in [-0.2, 0) is 22.1 Å². The van der Waals surface area contributed by atoms with E-state index in [2.05, 4.69) is 10.1 Å². The number of rotatable bonds is 7. The Morgan fingerprint density at radius 1 is 1.13 bits per heavy atom. The number of hydrogen-bond donors (Lipinski definition) is 3. The van der Waals surface area contributed by atoms with Crippen molar-refractivity contribution in [2.24, 2.45) is 5.73 Å². The molecule has 0 fully saturated rings. The van der Waals surface area contributed by atoms with Gasteiger partial charge in [0, 0.05) is 28.3 Å². The van der Waals surface area contributed by atoms with Crippen LogP contribution in [0.4, 0.5) is 30.7 Å². The fraction of sp³-hybridized carbons (Fsp3) is 0.286. The van der Waals surface area contributed by atoms with Crippen molar-refractivity contribution in [3.05, 3.63) is 71.3 Å². The lowest BCUT2D eigenvalue weighted by Gasteiger charge is -2.31. The number of nitrogens with one attached hydrogen (secondary N) is 1. The standard InChI is InChI=1S/C28H22F7N5O5/c1-25(24(36)42)12-45-22-17(25)9-19(38-21(22)13-3-5-16(29)6-4-13)26(43,27(30,31)32)11-37-23(41)14-7-15-10-40(28(33,34)35)39-20(15)18(8-14)44-2/h3-10,43H,11-12H2,1-2H3,(H2,36,42)(H,37,41)/t25-,26-/m0/s1. The molecule has 0 saturated heterocycles. The number of alkyl halides is 6. The van der Waals surface area contributed by atoms with Crippen molar-refractivity contribution in [2.45, 2.75) is 30.4 Å². The van der Waals surface area contributed by atoms with Crippen LogP contribution < -0.4 is 20.5 Å². The number of benzene rings is 2. The molecular weight excluding hydrogens is 619 g/mol. The maximum atomic E-state index is 14.6. The number of primary amides is 1. The largest absolute Gasteiger partial charge is 0.504 e. The zero-order valence-corrected chi connectivity index (χ0v) is 23.2. The minimum Gasteiger partial charge on any atom is -0.494 e. The van der Waals surface area contributed by atoms with Crippen molar-refractivity contribution in [2.75, 3.05) is 20.3 Å². The van der Waals surface area contributed by atoms with Gasteiger partial charge in [0.1, 0.15) is 40.5 Å². The zero-order chi connectivity index (χ0) is 33.1. The van der Waals surface area contributed by atoms with E-state index in [9.17, 15) is 45.4 Å². The van der Waals surface area contributed by atoms with Crippen LogP contribution >= 0.6 is 0 Å². The Balaban J connectivity index is 1.57. The third-order valence-corrected chi connectivity index (χ3v) is 7.45. The molecule has 45 heavy (non-hydrogen) atoms. The van der Waals surface area contributed by atoms with E-state index in [1.807, 2.05) is 5.32 Å². The second kappa shape index (κ2) is 10.6. The van der Waals surface area contributed by atoms with Gasteiger partial charge in [-0.05, 0) is 49.4 Å². The van der Waals surface area contributed by atoms with Crippen molar-refractivity contribution in [3.63, 3.8) is 0 Å². The van der Waals surface area contributed by atoms with Crippen LogP contribution in [0.15, 0.2) is 48.7 Å². The van der Waals surface area contributed by atoms with Crippen LogP contribution in [0.25, 0.3) is 22.2 Å². The highest BCUT2D eigenvalue weighted by Crippen LogP contribution is 2.47. The fourth-order valence-electron chi connectivity index (χ4n) is 4.77. The summed E-state index contributed by atoms with van der Waals surface area (Å²) in [6.45, 7) is -0.577. The van der Waals surface area contributed by atoms with Gasteiger partial charge >= 0.3 is 12.5 Å². The molecule has 17 heteroatoms. The molecule has 0 aliphatic carbocycles. The van der Waals surface area contributed by atoms with Gasteiger partial charge in [-0.1, -0.05) is 0 Å². The van der Waals surface area contributed by atoms with Crippen molar-refractivity contribution in [1.82, 2.24) is 20.1 Å². The number of pyridine rings is 1. The number of halogens is 7. The number of ether oxygens (including phenoxy) is 2. The third-order valence-electron chi connectivity index (χ3n) is 7.45.